The highest BCUT2D eigenvalue weighted by atomic mass is 16.5. The number of anilines is 2. The minimum atomic E-state index is -0.420. The Morgan fingerprint density at radius 3 is 2.73 bits per heavy atom. The van der Waals surface area contributed by atoms with Crippen LogP contribution in [-0.2, 0) is 4.74 Å². The van der Waals surface area contributed by atoms with Crippen LogP contribution in [0.25, 0.3) is 21.9 Å². The number of hydrogen-bond acceptors (Lipinski definition) is 6. The first-order chi connectivity index (χ1) is 12.7. The average Bonchev–Trinajstić information content (AvgIpc) is 3.07. The molecule has 0 saturated heterocycles. The Balaban J connectivity index is 1.88. The van der Waals surface area contributed by atoms with E-state index in [-0.39, 0.29) is 0 Å². The van der Waals surface area contributed by atoms with Crippen molar-refractivity contribution in [2.75, 3.05) is 19.5 Å². The Bertz CT molecular complexity index is 1120. The summed E-state index contributed by atoms with van der Waals surface area (Å²) in [5.41, 5.74) is 3.39. The number of carbonyl (C=O) groups excluding carboxylic acids is 1. The third kappa shape index (κ3) is 2.50. The van der Waals surface area contributed by atoms with E-state index in [1.165, 1.54) is 13.4 Å². The van der Waals surface area contributed by atoms with Crippen molar-refractivity contribution in [2.45, 2.75) is 0 Å². The van der Waals surface area contributed by atoms with E-state index in [1.54, 1.807) is 25.3 Å². The molecule has 0 saturated carbocycles. The van der Waals surface area contributed by atoms with Gasteiger partial charge in [-0.2, -0.15) is 0 Å². The third-order valence-electron chi connectivity index (χ3n) is 4.18. The van der Waals surface area contributed by atoms with Crippen LogP contribution >= 0.6 is 0 Å². The van der Waals surface area contributed by atoms with E-state index in [1.807, 2.05) is 24.3 Å². The molecule has 0 amide bonds. The molecule has 2 aromatic carbocycles. The molecule has 7 nitrogen and oxygen atoms in total. The summed E-state index contributed by atoms with van der Waals surface area (Å²) in [6.07, 6.45) is 1.48. The van der Waals surface area contributed by atoms with E-state index >= 15 is 0 Å². The van der Waals surface area contributed by atoms with Crippen LogP contribution in [-0.4, -0.2) is 35.1 Å². The summed E-state index contributed by atoms with van der Waals surface area (Å²) in [5, 5.41) is 4.09. The van der Waals surface area contributed by atoms with Crippen molar-refractivity contribution < 1.29 is 14.3 Å². The van der Waals surface area contributed by atoms with Crippen molar-refractivity contribution >= 4 is 39.4 Å². The summed E-state index contributed by atoms with van der Waals surface area (Å²) >= 11 is 0. The van der Waals surface area contributed by atoms with Crippen molar-refractivity contribution in [3.05, 3.63) is 54.4 Å². The van der Waals surface area contributed by atoms with Gasteiger partial charge in [-0.15, -0.1) is 0 Å². The van der Waals surface area contributed by atoms with Crippen LogP contribution < -0.4 is 10.1 Å². The zero-order valence-electron chi connectivity index (χ0n) is 14.2. The van der Waals surface area contributed by atoms with Gasteiger partial charge in [-0.05, 0) is 24.3 Å². The summed E-state index contributed by atoms with van der Waals surface area (Å²) in [6, 6.07) is 12.8. The number of rotatable bonds is 4. The number of carbonyl (C=O) groups is 1. The van der Waals surface area contributed by atoms with Gasteiger partial charge in [0.05, 0.1) is 36.4 Å². The number of nitrogens with one attached hydrogen (secondary N) is 2. The minimum absolute atomic E-state index is 0.420. The smallest absolute Gasteiger partial charge is 0.339 e. The van der Waals surface area contributed by atoms with Crippen LogP contribution in [0.5, 0.6) is 5.75 Å². The second kappa shape index (κ2) is 6.36. The molecular formula is C19H16N4O3. The summed E-state index contributed by atoms with van der Waals surface area (Å²) < 4.78 is 10.3. The molecule has 0 atom stereocenters. The molecule has 0 fully saturated rings. The molecule has 2 aromatic heterocycles. The molecule has 0 radical (unpaired) electrons. The van der Waals surface area contributed by atoms with E-state index in [0.717, 1.165) is 27.7 Å². The second-order valence-electron chi connectivity index (χ2n) is 5.62. The van der Waals surface area contributed by atoms with Gasteiger partial charge in [-0.25, -0.2) is 14.8 Å². The predicted octanol–water partition coefficient (Wildman–Crippen LogP) is 3.65. The van der Waals surface area contributed by atoms with Crippen LogP contribution in [0.3, 0.4) is 0 Å². The number of aromatic amines is 1. The lowest BCUT2D eigenvalue weighted by Gasteiger charge is -2.10. The molecule has 0 aliphatic rings. The number of nitrogens with zero attached hydrogens (tertiary/aromatic N) is 2. The van der Waals surface area contributed by atoms with Crippen LogP contribution in [0.4, 0.5) is 11.5 Å². The van der Waals surface area contributed by atoms with Crippen LogP contribution in [0, 0.1) is 0 Å². The monoisotopic (exact) mass is 348 g/mol. The normalized spacial score (nSPS) is 10.8. The highest BCUT2D eigenvalue weighted by molar-refractivity contribution is 6.11. The van der Waals surface area contributed by atoms with Gasteiger partial charge in [0, 0.05) is 0 Å². The first-order valence-electron chi connectivity index (χ1n) is 7.96. The molecule has 0 aliphatic carbocycles. The van der Waals surface area contributed by atoms with Crippen molar-refractivity contribution in [3.63, 3.8) is 0 Å². The quantitative estimate of drug-likeness (QED) is 0.547. The number of H-pyrrole nitrogens is 1. The average molecular weight is 348 g/mol. The molecule has 2 N–H and O–H groups in total. The topological polar surface area (TPSA) is 89.1 Å². The number of ether oxygens (including phenoxy) is 2. The van der Waals surface area contributed by atoms with Gasteiger partial charge in [0.15, 0.2) is 5.82 Å². The predicted molar refractivity (Wildman–Crippen MR) is 99.0 cm³/mol. The van der Waals surface area contributed by atoms with Crippen LogP contribution in [0.15, 0.2) is 48.8 Å². The Kier molecular flexibility index (Phi) is 3.89. The zero-order chi connectivity index (χ0) is 18.1. The summed E-state index contributed by atoms with van der Waals surface area (Å²) in [4.78, 5) is 24.0. The fraction of sp³-hybridized carbons (Fsp3) is 0.105. The summed E-state index contributed by atoms with van der Waals surface area (Å²) in [6.45, 7) is 0. The fourth-order valence-corrected chi connectivity index (χ4v) is 2.98. The number of fused-ring (bicyclic) bond motifs is 3. The number of hydrogen-bond donors (Lipinski definition) is 2. The maximum absolute atomic E-state index is 12.0. The van der Waals surface area contributed by atoms with E-state index in [9.17, 15) is 4.79 Å². The number of methoxy groups -OCH3 is 2. The largest absolute Gasteiger partial charge is 0.496 e. The summed E-state index contributed by atoms with van der Waals surface area (Å²) in [5.74, 6) is 0.870. The molecule has 4 rings (SSSR count). The molecule has 7 heteroatoms. The Morgan fingerprint density at radius 2 is 1.92 bits per heavy atom. The first kappa shape index (κ1) is 15.9. The first-order valence-corrected chi connectivity index (χ1v) is 7.96. The fourth-order valence-electron chi connectivity index (χ4n) is 2.98. The molecule has 2 heterocycles. The summed E-state index contributed by atoms with van der Waals surface area (Å²) in [7, 11) is 2.98. The van der Waals surface area contributed by atoms with Gasteiger partial charge >= 0.3 is 5.97 Å². The molecule has 0 aliphatic heterocycles. The number of aromatic nitrogens is 3. The van der Waals surface area contributed by atoms with Gasteiger partial charge in [0.1, 0.15) is 23.1 Å². The highest BCUT2D eigenvalue weighted by Crippen LogP contribution is 2.34. The lowest BCUT2D eigenvalue weighted by atomic mass is 10.1. The van der Waals surface area contributed by atoms with Gasteiger partial charge in [0.25, 0.3) is 0 Å². The maximum atomic E-state index is 12.0. The van der Waals surface area contributed by atoms with E-state index in [4.69, 9.17) is 9.47 Å². The maximum Gasteiger partial charge on any atom is 0.339 e. The van der Waals surface area contributed by atoms with Gasteiger partial charge in [-0.1, -0.05) is 18.2 Å². The Labute approximate surface area is 149 Å². The van der Waals surface area contributed by atoms with Gasteiger partial charge in [0.2, 0.25) is 0 Å². The molecule has 0 bridgehead atoms. The number of esters is 1. The Morgan fingerprint density at radius 1 is 1.08 bits per heavy atom. The molecule has 130 valence electrons. The highest BCUT2D eigenvalue weighted by Gasteiger charge is 2.16. The molecule has 0 unspecified atom stereocenters. The lowest BCUT2D eigenvalue weighted by molar-refractivity contribution is 0.0602. The van der Waals surface area contributed by atoms with Crippen molar-refractivity contribution in [2.24, 2.45) is 0 Å². The minimum Gasteiger partial charge on any atom is -0.496 e. The van der Waals surface area contributed by atoms with Crippen LogP contribution in [0.1, 0.15) is 10.4 Å². The zero-order valence-corrected chi connectivity index (χ0v) is 14.2. The standard InChI is InChI=1S/C19H16N4O3/c1-25-14-9-5-8-13-15(14)16-17(22-13)18(21-10-20-16)23-12-7-4-3-6-11(12)19(24)26-2/h3-10,22H,1-2H3,(H,20,21,23). The third-order valence-corrected chi connectivity index (χ3v) is 4.18. The van der Waals surface area contributed by atoms with Crippen LogP contribution in [0.2, 0.25) is 0 Å². The molecule has 0 spiro atoms. The molecule has 26 heavy (non-hydrogen) atoms. The van der Waals surface area contributed by atoms with Gasteiger partial charge < -0.3 is 19.8 Å². The SMILES string of the molecule is COC(=O)c1ccccc1Nc1ncnc2c1[nH]c1cccc(OC)c12. The van der Waals surface area contributed by atoms with E-state index < -0.39 is 5.97 Å². The van der Waals surface area contributed by atoms with E-state index in [0.29, 0.717) is 17.1 Å². The molecule has 4 aromatic rings. The molecular weight excluding hydrogens is 332 g/mol. The van der Waals surface area contributed by atoms with E-state index in [2.05, 4.69) is 20.3 Å². The lowest BCUT2D eigenvalue weighted by Crippen LogP contribution is -2.06. The van der Waals surface area contributed by atoms with Crippen molar-refractivity contribution in [1.82, 2.24) is 15.0 Å². The Hall–Kier alpha value is -3.61. The van der Waals surface area contributed by atoms with Gasteiger partial charge in [-0.3, -0.25) is 0 Å². The number of para-hydroxylation sites is 1. The van der Waals surface area contributed by atoms with Crippen molar-refractivity contribution in [3.8, 4) is 5.75 Å². The van der Waals surface area contributed by atoms with Crippen molar-refractivity contribution in [1.29, 1.82) is 0 Å². The second-order valence-corrected chi connectivity index (χ2v) is 5.62. The number of benzene rings is 2.